The van der Waals surface area contributed by atoms with Gasteiger partial charge in [0.15, 0.2) is 0 Å². The molecule has 7 rings (SSSR count). The molecule has 6 aliphatic carbocycles. The highest BCUT2D eigenvalue weighted by molar-refractivity contribution is 5.79. The summed E-state index contributed by atoms with van der Waals surface area (Å²) < 4.78 is 0. The Morgan fingerprint density at radius 3 is 2.30 bits per heavy atom. The van der Waals surface area contributed by atoms with Crippen LogP contribution in [0.3, 0.4) is 0 Å². The second-order valence-electron chi connectivity index (χ2n) is 9.75. The van der Waals surface area contributed by atoms with Crippen LogP contribution in [0.25, 0.3) is 0 Å². The zero-order valence-corrected chi connectivity index (χ0v) is 13.8. The Morgan fingerprint density at radius 2 is 1.74 bits per heavy atom. The molecule has 6 saturated carbocycles. The number of nitrogens with one attached hydrogen (secondary N) is 1. The number of rotatable bonds is 3. The maximum Gasteiger partial charge on any atom is 0.318 e. The van der Waals surface area contributed by atoms with Gasteiger partial charge in [0.1, 0.15) is 0 Å². The van der Waals surface area contributed by atoms with Crippen molar-refractivity contribution in [3.05, 3.63) is 0 Å². The van der Waals surface area contributed by atoms with Gasteiger partial charge in [-0.25, -0.2) is 4.79 Å². The van der Waals surface area contributed by atoms with E-state index in [-0.39, 0.29) is 17.2 Å². The summed E-state index contributed by atoms with van der Waals surface area (Å²) in [5, 5.41) is 14.2. The lowest BCUT2D eigenvalue weighted by molar-refractivity contribution is -0.179. The Balaban J connectivity index is 1.43. The Morgan fingerprint density at radius 1 is 1.04 bits per heavy atom. The predicted molar refractivity (Wildman–Crippen MR) is 85.7 cm³/mol. The Hall–Kier alpha value is -0.770. The van der Waals surface area contributed by atoms with Gasteiger partial charge in [-0.1, -0.05) is 0 Å². The van der Waals surface area contributed by atoms with Gasteiger partial charge in [0.05, 0.1) is 11.1 Å². The van der Waals surface area contributed by atoms with E-state index in [1.807, 2.05) is 0 Å². The smallest absolute Gasteiger partial charge is 0.318 e. The highest BCUT2D eigenvalue weighted by atomic mass is 16.3. The van der Waals surface area contributed by atoms with Crippen LogP contribution in [-0.2, 0) is 0 Å². The largest absolute Gasteiger partial charge is 0.390 e. The summed E-state index contributed by atoms with van der Waals surface area (Å²) in [5.74, 6) is 3.43. The van der Waals surface area contributed by atoms with Gasteiger partial charge >= 0.3 is 6.03 Å². The van der Waals surface area contributed by atoms with Gasteiger partial charge in [0.25, 0.3) is 0 Å². The summed E-state index contributed by atoms with van der Waals surface area (Å²) in [6.07, 6.45) is 10.7. The lowest BCUT2D eigenvalue weighted by Crippen LogP contribution is -2.66. The van der Waals surface area contributed by atoms with Gasteiger partial charge in [-0.05, 0) is 87.4 Å². The van der Waals surface area contributed by atoms with E-state index in [0.29, 0.717) is 23.8 Å². The molecule has 1 aliphatic heterocycles. The van der Waals surface area contributed by atoms with Crippen LogP contribution in [0.4, 0.5) is 4.79 Å². The molecule has 0 aromatic carbocycles. The number of aliphatic hydroxyl groups is 1. The zero-order valence-electron chi connectivity index (χ0n) is 13.8. The maximum atomic E-state index is 12.7. The Bertz CT molecular complexity index is 554. The van der Waals surface area contributed by atoms with E-state index < -0.39 is 0 Å². The summed E-state index contributed by atoms with van der Waals surface area (Å²) in [4.78, 5) is 15.0. The van der Waals surface area contributed by atoms with E-state index in [2.05, 4.69) is 10.2 Å². The molecule has 1 heterocycles. The van der Waals surface area contributed by atoms with E-state index in [1.54, 1.807) is 0 Å². The number of carbonyl (C=O) groups excluding carboxylic acids is 1. The molecule has 0 radical (unpaired) electrons. The summed E-state index contributed by atoms with van der Waals surface area (Å²) in [7, 11) is 0. The average molecular weight is 316 g/mol. The van der Waals surface area contributed by atoms with Gasteiger partial charge in [0, 0.05) is 12.6 Å². The fourth-order valence-electron chi connectivity index (χ4n) is 7.69. The van der Waals surface area contributed by atoms with Crippen LogP contribution in [0.15, 0.2) is 0 Å². The van der Waals surface area contributed by atoms with Crippen molar-refractivity contribution in [1.29, 1.82) is 0 Å². The molecule has 7 fully saturated rings. The number of carbonyl (C=O) groups is 1. The van der Waals surface area contributed by atoms with Gasteiger partial charge in [0.2, 0.25) is 0 Å². The number of nitrogens with zero attached hydrogens (tertiary/aromatic N) is 1. The first-order valence-electron chi connectivity index (χ1n) is 9.89. The molecular formula is C19H28N2O2. The molecule has 3 unspecified atom stereocenters. The van der Waals surface area contributed by atoms with E-state index >= 15 is 0 Å². The van der Waals surface area contributed by atoms with Crippen LogP contribution in [0.5, 0.6) is 0 Å². The first kappa shape index (κ1) is 13.5. The van der Waals surface area contributed by atoms with Gasteiger partial charge < -0.3 is 15.3 Å². The molecule has 7 aliphatic rings. The minimum atomic E-state index is -0.363. The number of amides is 2. The fraction of sp³-hybridized carbons (Fsp3) is 0.947. The Labute approximate surface area is 138 Å². The number of hydrogen-bond acceptors (Lipinski definition) is 2. The third-order valence-corrected chi connectivity index (χ3v) is 8.20. The highest BCUT2D eigenvalue weighted by Crippen LogP contribution is 2.65. The maximum absolute atomic E-state index is 12.7. The average Bonchev–Trinajstić information content (AvgIpc) is 3.37. The van der Waals surface area contributed by atoms with Gasteiger partial charge in [-0.15, -0.1) is 0 Å². The first-order valence-corrected chi connectivity index (χ1v) is 9.89. The molecule has 0 aromatic heterocycles. The zero-order chi connectivity index (χ0) is 15.4. The minimum Gasteiger partial charge on any atom is -0.390 e. The second kappa shape index (κ2) is 4.07. The molecule has 0 spiro atoms. The lowest BCUT2D eigenvalue weighted by atomic mass is 9.46. The van der Waals surface area contributed by atoms with E-state index in [0.717, 1.165) is 37.6 Å². The molecule has 4 nitrogen and oxygen atoms in total. The molecular weight excluding hydrogens is 288 g/mol. The van der Waals surface area contributed by atoms with Crippen LogP contribution >= 0.6 is 0 Å². The van der Waals surface area contributed by atoms with Crippen molar-refractivity contribution in [1.82, 2.24) is 10.2 Å². The molecule has 2 amide bonds. The van der Waals surface area contributed by atoms with Crippen molar-refractivity contribution in [3.63, 3.8) is 0 Å². The van der Waals surface area contributed by atoms with Crippen molar-refractivity contribution in [2.24, 2.45) is 29.6 Å². The third-order valence-electron chi connectivity index (χ3n) is 8.20. The minimum absolute atomic E-state index is 0.0945. The molecule has 4 bridgehead atoms. The topological polar surface area (TPSA) is 52.6 Å². The summed E-state index contributed by atoms with van der Waals surface area (Å²) >= 11 is 0. The highest BCUT2D eigenvalue weighted by Gasteiger charge is 2.68. The van der Waals surface area contributed by atoms with E-state index in [4.69, 9.17) is 0 Å². The number of urea groups is 1. The molecule has 3 atom stereocenters. The normalized spacial score (nSPS) is 54.7. The molecule has 1 saturated heterocycles. The van der Waals surface area contributed by atoms with Crippen molar-refractivity contribution in [3.8, 4) is 0 Å². The monoisotopic (exact) mass is 316 g/mol. The SMILES string of the molecule is O=C1NCC(C2CC2)(C2C3CC4CC2CC(O)(C4)C3)N1C1CC1. The Kier molecular flexibility index (Phi) is 2.39. The summed E-state index contributed by atoms with van der Waals surface area (Å²) in [5.41, 5.74) is -0.268. The van der Waals surface area contributed by atoms with Gasteiger partial charge in [-0.3, -0.25) is 0 Å². The predicted octanol–water partition coefficient (Wildman–Crippen LogP) is 2.51. The third kappa shape index (κ3) is 1.69. The van der Waals surface area contributed by atoms with Crippen molar-refractivity contribution in [2.75, 3.05) is 6.54 Å². The summed E-state index contributed by atoms with van der Waals surface area (Å²) in [6.45, 7) is 0.883. The standard InChI is InChI=1S/C19H28N2O2/c22-17-20-10-19(14-1-2-14,21(17)15-3-4-15)16-12-5-11-6-13(16)9-18(23,7-11)8-12/h11-16,23H,1-10H2,(H,20,22). The first-order chi connectivity index (χ1) is 11.1. The van der Waals surface area contributed by atoms with Crippen LogP contribution < -0.4 is 5.32 Å². The van der Waals surface area contributed by atoms with Crippen molar-refractivity contribution < 1.29 is 9.90 Å². The van der Waals surface area contributed by atoms with E-state index in [1.165, 1.54) is 38.5 Å². The molecule has 0 aromatic rings. The second-order valence-corrected chi connectivity index (χ2v) is 9.75. The van der Waals surface area contributed by atoms with Crippen LogP contribution in [0, 0.1) is 29.6 Å². The van der Waals surface area contributed by atoms with Crippen LogP contribution in [-0.4, -0.2) is 39.8 Å². The molecule has 2 N–H and O–H groups in total. The van der Waals surface area contributed by atoms with Crippen LogP contribution in [0.1, 0.15) is 57.8 Å². The molecule has 4 heteroatoms. The van der Waals surface area contributed by atoms with Crippen LogP contribution in [0.2, 0.25) is 0 Å². The van der Waals surface area contributed by atoms with Crippen molar-refractivity contribution in [2.45, 2.75) is 75.0 Å². The lowest BCUT2D eigenvalue weighted by Gasteiger charge is -2.63. The molecule has 23 heavy (non-hydrogen) atoms. The van der Waals surface area contributed by atoms with Crippen molar-refractivity contribution >= 4 is 6.03 Å². The van der Waals surface area contributed by atoms with E-state index in [9.17, 15) is 9.90 Å². The number of hydrogen-bond donors (Lipinski definition) is 2. The quantitative estimate of drug-likeness (QED) is 0.840. The summed E-state index contributed by atoms with van der Waals surface area (Å²) in [6, 6.07) is 0.727. The molecule has 126 valence electrons. The fourth-order valence-corrected chi connectivity index (χ4v) is 7.69. The van der Waals surface area contributed by atoms with Gasteiger partial charge in [-0.2, -0.15) is 0 Å².